The molecule has 0 saturated carbocycles. The van der Waals surface area contributed by atoms with E-state index in [0.717, 1.165) is 0 Å². The highest BCUT2D eigenvalue weighted by atomic mass is 35.5. The first kappa shape index (κ1) is 16.1. The molecule has 9 heteroatoms. The molecule has 1 amide bonds. The Bertz CT molecular complexity index is 835. The topological polar surface area (TPSA) is 83.5 Å². The van der Waals surface area contributed by atoms with Crippen LogP contribution in [-0.2, 0) is 14.8 Å². The summed E-state index contributed by atoms with van der Waals surface area (Å²) in [5.41, 5.74) is 0.691. The Morgan fingerprint density at radius 3 is 2.65 bits per heavy atom. The molecular weight excluding hydrogens is 340 g/mol. The van der Waals surface area contributed by atoms with Crippen LogP contribution in [0.1, 0.15) is 0 Å². The van der Waals surface area contributed by atoms with E-state index in [2.05, 4.69) is 9.97 Å². The first-order valence-electron chi connectivity index (χ1n) is 7.06. The van der Waals surface area contributed by atoms with Gasteiger partial charge in [0, 0.05) is 37.8 Å². The van der Waals surface area contributed by atoms with E-state index in [-0.39, 0.29) is 29.8 Å². The standard InChI is InChI=1S/C14H15ClN4O3S/c15-8-14(20)18-3-5-19(6-4-18)23(21,22)12-1-2-13-11(7-12)9-16-10-17-13/h1-2,7,9-10H,3-6,8H2. The van der Waals surface area contributed by atoms with Crippen LogP contribution in [0.15, 0.2) is 35.6 Å². The van der Waals surface area contributed by atoms with Gasteiger partial charge in [-0.15, -0.1) is 11.6 Å². The Morgan fingerprint density at radius 2 is 1.96 bits per heavy atom. The number of nitrogens with zero attached hydrogens (tertiary/aromatic N) is 4. The number of piperazine rings is 1. The van der Waals surface area contributed by atoms with Crippen LogP contribution >= 0.6 is 11.6 Å². The maximum absolute atomic E-state index is 12.7. The first-order chi connectivity index (χ1) is 11.0. The number of alkyl halides is 1. The van der Waals surface area contributed by atoms with Gasteiger partial charge >= 0.3 is 0 Å². The molecule has 1 aliphatic heterocycles. The average molecular weight is 355 g/mol. The first-order valence-corrected chi connectivity index (χ1v) is 9.03. The van der Waals surface area contributed by atoms with Crippen molar-refractivity contribution < 1.29 is 13.2 Å². The smallest absolute Gasteiger partial charge is 0.243 e. The van der Waals surface area contributed by atoms with Gasteiger partial charge in [0.25, 0.3) is 0 Å². The summed E-state index contributed by atoms with van der Waals surface area (Å²) in [5, 5.41) is 0.671. The normalized spacial score (nSPS) is 16.7. The summed E-state index contributed by atoms with van der Waals surface area (Å²) < 4.78 is 26.9. The zero-order chi connectivity index (χ0) is 16.4. The van der Waals surface area contributed by atoms with Crippen molar-refractivity contribution in [2.24, 2.45) is 0 Å². The highest BCUT2D eigenvalue weighted by Crippen LogP contribution is 2.21. The van der Waals surface area contributed by atoms with Gasteiger partial charge < -0.3 is 4.90 Å². The Hall–Kier alpha value is -1.77. The van der Waals surface area contributed by atoms with Crippen LogP contribution in [0.3, 0.4) is 0 Å². The molecule has 0 unspecified atom stereocenters. The van der Waals surface area contributed by atoms with Gasteiger partial charge in [0.05, 0.1) is 10.4 Å². The molecule has 7 nitrogen and oxygen atoms in total. The third-order valence-electron chi connectivity index (χ3n) is 3.82. The van der Waals surface area contributed by atoms with Crippen LogP contribution in [0.4, 0.5) is 0 Å². The number of fused-ring (bicyclic) bond motifs is 1. The van der Waals surface area contributed by atoms with Crippen molar-refractivity contribution in [2.45, 2.75) is 4.90 Å². The number of hydrogen-bond acceptors (Lipinski definition) is 5. The number of rotatable bonds is 3. The molecule has 1 aromatic carbocycles. The second kappa shape index (κ2) is 6.38. The van der Waals surface area contributed by atoms with Crippen LogP contribution in [-0.4, -0.2) is 65.6 Å². The molecule has 3 rings (SSSR count). The van der Waals surface area contributed by atoms with E-state index in [1.807, 2.05) is 0 Å². The van der Waals surface area contributed by atoms with Crippen molar-refractivity contribution in [3.05, 3.63) is 30.7 Å². The predicted octanol–water partition coefficient (Wildman–Crippen LogP) is 0.701. The molecule has 23 heavy (non-hydrogen) atoms. The van der Waals surface area contributed by atoms with Crippen molar-refractivity contribution in [2.75, 3.05) is 32.1 Å². The minimum atomic E-state index is -3.60. The molecule has 1 fully saturated rings. The quantitative estimate of drug-likeness (QED) is 0.758. The number of sulfonamides is 1. The van der Waals surface area contributed by atoms with Gasteiger partial charge in [-0.25, -0.2) is 18.4 Å². The number of benzene rings is 1. The minimum Gasteiger partial charge on any atom is -0.339 e. The highest BCUT2D eigenvalue weighted by molar-refractivity contribution is 7.89. The van der Waals surface area contributed by atoms with Crippen molar-refractivity contribution >= 4 is 38.4 Å². The summed E-state index contributed by atoms with van der Waals surface area (Å²) in [6.07, 6.45) is 3.00. The summed E-state index contributed by atoms with van der Waals surface area (Å²) in [5.74, 6) is -0.260. The van der Waals surface area contributed by atoms with E-state index < -0.39 is 10.0 Å². The molecule has 2 heterocycles. The fraction of sp³-hybridized carbons (Fsp3) is 0.357. The molecule has 1 saturated heterocycles. The van der Waals surface area contributed by atoms with Crippen LogP contribution in [0.5, 0.6) is 0 Å². The van der Waals surface area contributed by atoms with E-state index in [9.17, 15) is 13.2 Å². The highest BCUT2D eigenvalue weighted by Gasteiger charge is 2.29. The summed E-state index contributed by atoms with van der Waals surface area (Å²) in [7, 11) is -3.60. The molecule has 0 radical (unpaired) electrons. The van der Waals surface area contributed by atoms with Crippen LogP contribution in [0, 0.1) is 0 Å². The van der Waals surface area contributed by atoms with Crippen molar-refractivity contribution in [1.29, 1.82) is 0 Å². The lowest BCUT2D eigenvalue weighted by Gasteiger charge is -2.33. The number of amides is 1. The second-order valence-corrected chi connectivity index (χ2v) is 7.37. The van der Waals surface area contributed by atoms with E-state index in [1.54, 1.807) is 29.3 Å². The Labute approximate surface area is 138 Å². The summed E-state index contributed by atoms with van der Waals surface area (Å²) in [6, 6.07) is 4.78. The number of hydrogen-bond donors (Lipinski definition) is 0. The molecule has 1 aliphatic rings. The number of carbonyl (C=O) groups excluding carboxylic acids is 1. The van der Waals surface area contributed by atoms with Gasteiger partial charge in [-0.3, -0.25) is 4.79 Å². The molecule has 0 bridgehead atoms. The van der Waals surface area contributed by atoms with E-state index in [0.29, 0.717) is 24.0 Å². The van der Waals surface area contributed by atoms with E-state index in [1.165, 1.54) is 10.6 Å². The molecule has 2 aromatic rings. The molecule has 0 N–H and O–H groups in total. The van der Waals surface area contributed by atoms with Gasteiger partial charge in [-0.05, 0) is 18.2 Å². The second-order valence-electron chi connectivity index (χ2n) is 5.16. The monoisotopic (exact) mass is 354 g/mol. The average Bonchev–Trinajstić information content (AvgIpc) is 2.60. The fourth-order valence-electron chi connectivity index (χ4n) is 2.53. The minimum absolute atomic E-state index is 0.0859. The third-order valence-corrected chi connectivity index (χ3v) is 5.94. The lowest BCUT2D eigenvalue weighted by molar-refractivity contribution is -0.129. The largest absolute Gasteiger partial charge is 0.339 e. The Morgan fingerprint density at radius 1 is 1.22 bits per heavy atom. The summed E-state index contributed by atoms with van der Waals surface area (Å²) >= 11 is 5.53. The third kappa shape index (κ3) is 3.15. The molecule has 122 valence electrons. The maximum atomic E-state index is 12.7. The fourth-order valence-corrected chi connectivity index (χ4v) is 4.16. The van der Waals surface area contributed by atoms with Crippen LogP contribution in [0.25, 0.3) is 10.9 Å². The molecule has 0 spiro atoms. The van der Waals surface area contributed by atoms with Gasteiger partial charge in [0.2, 0.25) is 15.9 Å². The Balaban J connectivity index is 1.82. The number of halogens is 1. The zero-order valence-corrected chi connectivity index (χ0v) is 13.8. The van der Waals surface area contributed by atoms with Gasteiger partial charge in [0.1, 0.15) is 12.2 Å². The van der Waals surface area contributed by atoms with E-state index >= 15 is 0 Å². The lowest BCUT2D eigenvalue weighted by Crippen LogP contribution is -2.50. The number of aromatic nitrogens is 2. The van der Waals surface area contributed by atoms with Gasteiger partial charge in [-0.2, -0.15) is 4.31 Å². The van der Waals surface area contributed by atoms with Gasteiger partial charge in [0.15, 0.2) is 0 Å². The van der Waals surface area contributed by atoms with Gasteiger partial charge in [-0.1, -0.05) is 0 Å². The Kier molecular flexibility index (Phi) is 4.47. The summed E-state index contributed by atoms with van der Waals surface area (Å²) in [4.78, 5) is 21.3. The van der Waals surface area contributed by atoms with Crippen molar-refractivity contribution in [1.82, 2.24) is 19.2 Å². The van der Waals surface area contributed by atoms with Crippen LogP contribution < -0.4 is 0 Å². The SMILES string of the molecule is O=C(CCl)N1CCN(S(=O)(=O)c2ccc3ncncc3c2)CC1. The molecule has 1 aromatic heterocycles. The molecule has 0 atom stereocenters. The lowest BCUT2D eigenvalue weighted by atomic mass is 10.2. The van der Waals surface area contributed by atoms with Crippen molar-refractivity contribution in [3.63, 3.8) is 0 Å². The molecule has 0 aliphatic carbocycles. The number of carbonyl (C=O) groups is 1. The van der Waals surface area contributed by atoms with Crippen molar-refractivity contribution in [3.8, 4) is 0 Å². The maximum Gasteiger partial charge on any atom is 0.243 e. The van der Waals surface area contributed by atoms with Crippen LogP contribution in [0.2, 0.25) is 0 Å². The predicted molar refractivity (Wildman–Crippen MR) is 85.6 cm³/mol. The zero-order valence-electron chi connectivity index (χ0n) is 12.2. The molecular formula is C14H15ClN4O3S. The van der Waals surface area contributed by atoms with E-state index in [4.69, 9.17) is 11.6 Å². The summed E-state index contributed by atoms with van der Waals surface area (Å²) in [6.45, 7) is 1.21.